The lowest BCUT2D eigenvalue weighted by Crippen LogP contribution is -2.44. The summed E-state index contributed by atoms with van der Waals surface area (Å²) >= 11 is 0. The Bertz CT molecular complexity index is 244. The number of nitrogens with zero attached hydrogens (tertiary/aromatic N) is 2. The summed E-state index contributed by atoms with van der Waals surface area (Å²) in [5.74, 6) is 0.882. The van der Waals surface area contributed by atoms with Gasteiger partial charge < -0.3 is 5.32 Å². The first-order chi connectivity index (χ1) is 7.81. The van der Waals surface area contributed by atoms with E-state index in [9.17, 15) is 0 Å². The molecule has 2 heterocycles. The van der Waals surface area contributed by atoms with Gasteiger partial charge in [0, 0.05) is 12.1 Å². The van der Waals surface area contributed by atoms with Crippen molar-refractivity contribution >= 4 is 0 Å². The molecule has 0 aromatic rings. The zero-order valence-electron chi connectivity index (χ0n) is 10.3. The lowest BCUT2D eigenvalue weighted by molar-refractivity contribution is 0.128. The van der Waals surface area contributed by atoms with E-state index in [0.29, 0.717) is 12.5 Å². The van der Waals surface area contributed by atoms with Crippen LogP contribution in [0, 0.1) is 17.2 Å². The molecule has 2 rings (SSSR count). The van der Waals surface area contributed by atoms with E-state index in [2.05, 4.69) is 23.2 Å². The second-order valence-corrected chi connectivity index (χ2v) is 5.29. The number of hydrogen-bond donors (Lipinski definition) is 1. The van der Waals surface area contributed by atoms with Gasteiger partial charge in [0.1, 0.15) is 0 Å². The Morgan fingerprint density at radius 2 is 2.12 bits per heavy atom. The maximum absolute atomic E-state index is 8.71. The third-order valence-electron chi connectivity index (χ3n) is 4.25. The molecule has 0 radical (unpaired) electrons. The molecule has 0 amide bonds. The Balaban J connectivity index is 1.75. The van der Waals surface area contributed by atoms with Crippen LogP contribution in [0.3, 0.4) is 0 Å². The predicted octanol–water partition coefficient (Wildman–Crippen LogP) is 1.75. The number of rotatable bonds is 3. The topological polar surface area (TPSA) is 39.1 Å². The predicted molar refractivity (Wildman–Crippen MR) is 65.0 cm³/mol. The molecule has 3 heteroatoms. The second-order valence-electron chi connectivity index (χ2n) is 5.29. The van der Waals surface area contributed by atoms with Crippen molar-refractivity contribution < 1.29 is 0 Å². The largest absolute Gasteiger partial charge is 0.314 e. The van der Waals surface area contributed by atoms with Crippen molar-refractivity contribution in [3.8, 4) is 6.07 Å². The van der Waals surface area contributed by atoms with Gasteiger partial charge >= 0.3 is 0 Å². The quantitative estimate of drug-likeness (QED) is 0.789. The fraction of sp³-hybridized carbons (Fsp3) is 0.923. The van der Waals surface area contributed by atoms with Crippen LogP contribution in [-0.4, -0.2) is 36.6 Å². The minimum Gasteiger partial charge on any atom is -0.314 e. The molecule has 2 aliphatic rings. The van der Waals surface area contributed by atoms with Crippen LogP contribution in [0.5, 0.6) is 0 Å². The molecule has 3 nitrogen and oxygen atoms in total. The van der Waals surface area contributed by atoms with Crippen molar-refractivity contribution in [1.82, 2.24) is 10.2 Å². The summed E-state index contributed by atoms with van der Waals surface area (Å²) in [7, 11) is 0. The summed E-state index contributed by atoms with van der Waals surface area (Å²) in [6, 6.07) is 3.51. The highest BCUT2D eigenvalue weighted by atomic mass is 15.2. The summed E-state index contributed by atoms with van der Waals surface area (Å²) in [6.07, 6.45) is 6.03. The molecular weight excluding hydrogens is 198 g/mol. The van der Waals surface area contributed by atoms with Crippen LogP contribution in [0.4, 0.5) is 0 Å². The van der Waals surface area contributed by atoms with Crippen LogP contribution in [-0.2, 0) is 0 Å². The Hall–Kier alpha value is -0.590. The van der Waals surface area contributed by atoms with E-state index in [1.807, 2.05) is 0 Å². The highest BCUT2D eigenvalue weighted by Crippen LogP contribution is 2.26. The first-order valence-electron chi connectivity index (χ1n) is 6.65. The molecule has 0 spiro atoms. The van der Waals surface area contributed by atoms with Crippen molar-refractivity contribution in [1.29, 1.82) is 5.26 Å². The van der Waals surface area contributed by atoms with Crippen LogP contribution < -0.4 is 5.32 Å². The molecule has 0 aliphatic carbocycles. The summed E-state index contributed by atoms with van der Waals surface area (Å²) < 4.78 is 0. The molecular formula is C13H23N3. The van der Waals surface area contributed by atoms with E-state index in [1.54, 1.807) is 0 Å². The number of hydrogen-bond acceptors (Lipinski definition) is 3. The highest BCUT2D eigenvalue weighted by Gasteiger charge is 2.29. The van der Waals surface area contributed by atoms with Gasteiger partial charge in [-0.05, 0) is 58.2 Å². The maximum Gasteiger partial charge on any atom is 0.0638 e. The lowest BCUT2D eigenvalue weighted by atomic mass is 9.88. The fourth-order valence-electron chi connectivity index (χ4n) is 3.14. The van der Waals surface area contributed by atoms with Crippen molar-refractivity contribution in [2.75, 3.05) is 19.6 Å². The Morgan fingerprint density at radius 3 is 2.69 bits per heavy atom. The van der Waals surface area contributed by atoms with Gasteiger partial charge in [-0.3, -0.25) is 4.90 Å². The number of likely N-dealkylation sites (tertiary alicyclic amines) is 1. The monoisotopic (exact) mass is 221 g/mol. The fourth-order valence-corrected chi connectivity index (χ4v) is 3.14. The Morgan fingerprint density at radius 1 is 1.38 bits per heavy atom. The van der Waals surface area contributed by atoms with Crippen molar-refractivity contribution in [2.24, 2.45) is 5.92 Å². The second kappa shape index (κ2) is 5.65. The Kier molecular flexibility index (Phi) is 4.20. The Labute approximate surface area is 98.8 Å². The molecule has 0 aromatic carbocycles. The van der Waals surface area contributed by atoms with Gasteiger partial charge in [-0.15, -0.1) is 0 Å². The minimum atomic E-state index is 0.447. The normalized spacial score (nSPS) is 30.1. The van der Waals surface area contributed by atoms with E-state index in [-0.39, 0.29) is 0 Å². The number of nitriles is 1. The highest BCUT2D eigenvalue weighted by molar-refractivity contribution is 4.88. The summed E-state index contributed by atoms with van der Waals surface area (Å²) in [5, 5.41) is 12.3. The van der Waals surface area contributed by atoms with Crippen LogP contribution in [0.1, 0.15) is 39.0 Å². The zero-order valence-corrected chi connectivity index (χ0v) is 10.3. The summed E-state index contributed by atoms with van der Waals surface area (Å²) in [6.45, 7) is 5.77. The van der Waals surface area contributed by atoms with Gasteiger partial charge in [0.15, 0.2) is 0 Å². The third-order valence-corrected chi connectivity index (χ3v) is 4.25. The molecule has 1 N–H and O–H groups in total. The van der Waals surface area contributed by atoms with E-state index in [0.717, 1.165) is 12.0 Å². The molecule has 2 aliphatic heterocycles. The average molecular weight is 221 g/mol. The zero-order chi connectivity index (χ0) is 11.4. The van der Waals surface area contributed by atoms with E-state index in [4.69, 9.17) is 5.26 Å². The van der Waals surface area contributed by atoms with E-state index >= 15 is 0 Å². The van der Waals surface area contributed by atoms with E-state index in [1.165, 1.54) is 45.3 Å². The molecule has 0 bridgehead atoms. The third kappa shape index (κ3) is 2.75. The standard InChI is InChI=1S/C13H23N3/c1-11(4-7-14)16-9-5-12(6-10-16)13-3-2-8-15-13/h11-13,15H,2-6,8-10H2,1H3. The number of nitrogens with one attached hydrogen (secondary N) is 1. The van der Waals surface area contributed by atoms with Gasteiger partial charge in [0.05, 0.1) is 12.5 Å². The molecule has 2 fully saturated rings. The van der Waals surface area contributed by atoms with E-state index < -0.39 is 0 Å². The number of piperidine rings is 1. The molecule has 0 aromatic heterocycles. The van der Waals surface area contributed by atoms with Crippen LogP contribution in [0.2, 0.25) is 0 Å². The van der Waals surface area contributed by atoms with Gasteiger partial charge in [0.25, 0.3) is 0 Å². The first-order valence-corrected chi connectivity index (χ1v) is 6.65. The molecule has 2 saturated heterocycles. The van der Waals surface area contributed by atoms with Crippen LogP contribution >= 0.6 is 0 Å². The summed E-state index contributed by atoms with van der Waals surface area (Å²) in [5.41, 5.74) is 0. The van der Waals surface area contributed by atoms with Crippen LogP contribution in [0.15, 0.2) is 0 Å². The maximum atomic E-state index is 8.71. The summed E-state index contributed by atoms with van der Waals surface area (Å²) in [4.78, 5) is 2.48. The first kappa shape index (κ1) is 11.9. The molecule has 90 valence electrons. The van der Waals surface area contributed by atoms with Gasteiger partial charge in [0.2, 0.25) is 0 Å². The lowest BCUT2D eigenvalue weighted by Gasteiger charge is -2.37. The van der Waals surface area contributed by atoms with Crippen molar-refractivity contribution in [2.45, 2.75) is 51.1 Å². The molecule has 2 atom stereocenters. The van der Waals surface area contributed by atoms with Crippen molar-refractivity contribution in [3.63, 3.8) is 0 Å². The SMILES string of the molecule is CC(CC#N)N1CCC(C2CCCN2)CC1. The molecule has 0 saturated carbocycles. The average Bonchev–Trinajstić information content (AvgIpc) is 2.83. The van der Waals surface area contributed by atoms with Gasteiger partial charge in [-0.25, -0.2) is 0 Å². The van der Waals surface area contributed by atoms with Gasteiger partial charge in [-0.2, -0.15) is 5.26 Å². The smallest absolute Gasteiger partial charge is 0.0638 e. The molecule has 2 unspecified atom stereocenters. The van der Waals surface area contributed by atoms with Crippen LogP contribution in [0.25, 0.3) is 0 Å². The van der Waals surface area contributed by atoms with Crippen molar-refractivity contribution in [3.05, 3.63) is 0 Å². The minimum absolute atomic E-state index is 0.447. The molecule has 16 heavy (non-hydrogen) atoms. The van der Waals surface area contributed by atoms with Gasteiger partial charge in [-0.1, -0.05) is 0 Å².